The Bertz CT molecular complexity index is 34.7. The topological polar surface area (TPSA) is 12.5 Å². The third kappa shape index (κ3) is 5.00. The lowest BCUT2D eigenvalue weighted by molar-refractivity contribution is 0.649. The van der Waals surface area contributed by atoms with Crippen LogP contribution in [0.3, 0.4) is 0 Å². The average Bonchev–Trinajstić information content (AvgIpc) is 1.35. The summed E-state index contributed by atoms with van der Waals surface area (Å²) in [5, 5.41) is 0. The molecule has 0 N–H and O–H groups in total. The van der Waals surface area contributed by atoms with Gasteiger partial charge in [0.25, 0.3) is 0 Å². The molecule has 0 aliphatic heterocycles. The van der Waals surface area contributed by atoms with Crippen LogP contribution in [0.4, 0.5) is 0 Å². The van der Waals surface area contributed by atoms with E-state index in [1.807, 2.05) is 41.4 Å². The Kier molecular flexibility index (Phi) is 4.86. The minimum atomic E-state index is 1.31. The molecule has 0 aliphatic carbocycles. The first-order valence-corrected chi connectivity index (χ1v) is 2.98. The van der Waals surface area contributed by atoms with Gasteiger partial charge in [-0.3, -0.25) is 0 Å². The van der Waals surface area contributed by atoms with Crippen molar-refractivity contribution in [2.75, 3.05) is 14.1 Å². The van der Waals surface area contributed by atoms with Gasteiger partial charge in [-0.25, -0.2) is 6.82 Å². The smallest absolute Gasteiger partial charge is 0.129 e. The van der Waals surface area contributed by atoms with Gasteiger partial charge < -0.3 is 0 Å². The van der Waals surface area contributed by atoms with E-state index in [2.05, 4.69) is 2.51 Å². The second kappa shape index (κ2) is 4.17. The van der Waals surface area contributed by atoms with E-state index in [-0.39, 0.29) is 0 Å². The van der Waals surface area contributed by atoms with E-state index in [9.17, 15) is 0 Å². The Balaban J connectivity index is 2.63. The first kappa shape index (κ1) is 7.00. The molecule has 0 unspecified atom stereocenters. The van der Waals surface area contributed by atoms with Gasteiger partial charge in [-0.2, -0.15) is 0 Å². The molecule has 0 saturated carbocycles. The van der Waals surface area contributed by atoms with E-state index in [0.29, 0.717) is 0 Å². The average molecular weight is 219 g/mol. The van der Waals surface area contributed by atoms with Crippen molar-refractivity contribution in [2.45, 2.75) is 0 Å². The van der Waals surface area contributed by atoms with Crippen LogP contribution < -0.4 is 0 Å². The van der Waals surface area contributed by atoms with Gasteiger partial charge in [-0.05, 0) is 14.1 Å². The lowest BCUT2D eigenvalue weighted by atomic mass is 11.3. The molecule has 0 bridgehead atoms. The van der Waals surface area contributed by atoms with Crippen molar-refractivity contribution in [2.24, 2.45) is 0 Å². The van der Waals surface area contributed by atoms with E-state index in [1.54, 1.807) is 0 Å². The molecule has 0 amide bonds. The summed E-state index contributed by atoms with van der Waals surface area (Å²) in [5.41, 5.74) is 0. The molecule has 0 fully saturated rings. The summed E-state index contributed by atoms with van der Waals surface area (Å²) in [6.45, 7) is 0. The van der Waals surface area contributed by atoms with Crippen molar-refractivity contribution in [3.8, 4) is 0 Å². The number of rotatable bonds is 2. The molecule has 0 atom stereocenters. The van der Waals surface area contributed by atoms with Gasteiger partial charge in [-0.15, -0.1) is 0 Å². The molecule has 0 aromatic heterocycles. The van der Waals surface area contributed by atoms with E-state index in [0.717, 1.165) is 0 Å². The first-order chi connectivity index (χ1) is 2.77. The summed E-state index contributed by atoms with van der Waals surface area (Å²) in [4.78, 5) is 0. The highest BCUT2D eigenvalue weighted by atomic mass is 127. The third-order valence-electron chi connectivity index (χ3n) is 0.177. The second-order valence-electron chi connectivity index (χ2n) is 0.950. The Hall–Kier alpha value is 1.00. The van der Waals surface area contributed by atoms with Crippen molar-refractivity contribution in [1.29, 1.82) is 0 Å². The lowest BCUT2D eigenvalue weighted by Crippen LogP contribution is -1.96. The van der Waals surface area contributed by atoms with Crippen molar-refractivity contribution >= 4 is 35.2 Å². The molecule has 0 aromatic rings. The zero-order valence-corrected chi connectivity index (χ0v) is 6.62. The summed E-state index contributed by atoms with van der Waals surface area (Å²) < 4.78 is 6.48. The maximum Gasteiger partial charge on any atom is 0.129 e. The molecule has 0 aromatic carbocycles. The summed E-state index contributed by atoms with van der Waals surface area (Å²) in [5.74, 6) is 0. The molecule has 2 nitrogen and oxygen atoms in total. The predicted octanol–water partition coefficient (Wildman–Crippen LogP) is 1.48. The number of halogens is 1. The molecule has 0 aliphatic rings. The van der Waals surface area contributed by atoms with Gasteiger partial charge in [0.1, 0.15) is 23.0 Å². The van der Waals surface area contributed by atoms with Crippen molar-refractivity contribution in [3.63, 3.8) is 0 Å². The SMILES string of the molecule is CN(C)SOI. The van der Waals surface area contributed by atoms with Crippen LogP contribution in [0, 0.1) is 0 Å². The summed E-state index contributed by atoms with van der Waals surface area (Å²) >= 11 is 3.13. The largest absolute Gasteiger partial charge is 0.232 e. The molecule has 0 spiro atoms. The Morgan fingerprint density at radius 3 is 2.17 bits per heavy atom. The van der Waals surface area contributed by atoms with E-state index in [4.69, 9.17) is 0 Å². The second-order valence-corrected chi connectivity index (χ2v) is 3.03. The maximum absolute atomic E-state index is 4.62. The molecule has 0 rings (SSSR count). The predicted molar refractivity (Wildman–Crippen MR) is 36.4 cm³/mol. The Morgan fingerprint density at radius 2 is 2.17 bits per heavy atom. The fraction of sp³-hybridized carbons (Fsp3) is 1.00. The Morgan fingerprint density at radius 1 is 1.67 bits per heavy atom. The van der Waals surface area contributed by atoms with Crippen molar-refractivity contribution < 1.29 is 2.51 Å². The van der Waals surface area contributed by atoms with Gasteiger partial charge in [0, 0.05) is 0 Å². The standard InChI is InChI=1S/C2H6INOS/c1-4(2)6-5-3/h1-2H3. The van der Waals surface area contributed by atoms with Gasteiger partial charge >= 0.3 is 0 Å². The van der Waals surface area contributed by atoms with Crippen LogP contribution in [-0.4, -0.2) is 18.4 Å². The number of hydrogen-bond acceptors (Lipinski definition) is 3. The normalized spacial score (nSPS) is 10.0. The molecule has 0 radical (unpaired) electrons. The van der Waals surface area contributed by atoms with Crippen LogP contribution in [0.25, 0.3) is 0 Å². The third-order valence-corrected chi connectivity index (χ3v) is 1.01. The highest BCUT2D eigenvalue weighted by molar-refractivity contribution is 14.1. The maximum atomic E-state index is 4.62. The number of nitrogens with zero attached hydrogens (tertiary/aromatic N) is 1. The van der Waals surface area contributed by atoms with Gasteiger partial charge in [0.15, 0.2) is 0 Å². The highest BCUT2D eigenvalue weighted by Crippen LogP contribution is 2.08. The quantitative estimate of drug-likeness (QED) is 0.396. The molecule has 4 heteroatoms. The first-order valence-electron chi connectivity index (χ1n) is 1.40. The molecule has 6 heavy (non-hydrogen) atoms. The summed E-state index contributed by atoms with van der Waals surface area (Å²) in [6.07, 6.45) is 0. The van der Waals surface area contributed by atoms with Gasteiger partial charge in [0.2, 0.25) is 0 Å². The summed E-state index contributed by atoms with van der Waals surface area (Å²) in [7, 11) is 3.84. The van der Waals surface area contributed by atoms with Gasteiger partial charge in [0.05, 0.1) is 12.2 Å². The fourth-order valence-corrected chi connectivity index (χ4v) is 1.13. The van der Waals surface area contributed by atoms with Crippen LogP contribution in [-0.2, 0) is 2.51 Å². The highest BCUT2D eigenvalue weighted by Gasteiger charge is 1.82. The minimum Gasteiger partial charge on any atom is -0.232 e. The molecule has 0 heterocycles. The molecular weight excluding hydrogens is 213 g/mol. The van der Waals surface area contributed by atoms with Crippen LogP contribution in [0.15, 0.2) is 0 Å². The zero-order valence-electron chi connectivity index (χ0n) is 3.64. The monoisotopic (exact) mass is 219 g/mol. The zero-order chi connectivity index (χ0) is 4.99. The van der Waals surface area contributed by atoms with E-state index >= 15 is 0 Å². The van der Waals surface area contributed by atoms with Crippen molar-refractivity contribution in [1.82, 2.24) is 4.31 Å². The minimum absolute atomic E-state index is 1.31. The molecule has 38 valence electrons. The van der Waals surface area contributed by atoms with Crippen molar-refractivity contribution in [3.05, 3.63) is 0 Å². The van der Waals surface area contributed by atoms with E-state index in [1.165, 1.54) is 12.2 Å². The van der Waals surface area contributed by atoms with E-state index < -0.39 is 0 Å². The number of hydrogen-bond donors (Lipinski definition) is 0. The van der Waals surface area contributed by atoms with Crippen LogP contribution in [0.5, 0.6) is 0 Å². The van der Waals surface area contributed by atoms with Gasteiger partial charge in [-0.1, -0.05) is 0 Å². The van der Waals surface area contributed by atoms with Crippen LogP contribution in [0.2, 0.25) is 0 Å². The van der Waals surface area contributed by atoms with Crippen LogP contribution in [0.1, 0.15) is 0 Å². The molecule has 0 saturated heterocycles. The summed E-state index contributed by atoms with van der Waals surface area (Å²) in [6, 6.07) is 0. The lowest BCUT2D eigenvalue weighted by Gasteiger charge is -1.99. The fourth-order valence-electron chi connectivity index (χ4n) is 0.0563. The van der Waals surface area contributed by atoms with Crippen LogP contribution >= 0.6 is 35.2 Å². The Labute approximate surface area is 56.3 Å². The molecular formula is C2H6INOS.